The third kappa shape index (κ3) is 3.95. The first kappa shape index (κ1) is 17.1. The van der Waals surface area contributed by atoms with Crippen LogP contribution in [0.25, 0.3) is 10.9 Å². The molecule has 0 aliphatic carbocycles. The van der Waals surface area contributed by atoms with Gasteiger partial charge in [-0.3, -0.25) is 9.78 Å². The van der Waals surface area contributed by atoms with E-state index >= 15 is 0 Å². The monoisotopic (exact) mass is 364 g/mol. The van der Waals surface area contributed by atoms with E-state index in [9.17, 15) is 4.79 Å². The smallest absolute Gasteiger partial charge is 0.264 e. The molecule has 2 heterocycles. The van der Waals surface area contributed by atoms with Gasteiger partial charge in [0.1, 0.15) is 17.9 Å². The van der Waals surface area contributed by atoms with E-state index in [1.54, 1.807) is 12.3 Å². The third-order valence-electron chi connectivity index (χ3n) is 4.27. The van der Waals surface area contributed by atoms with E-state index < -0.39 is 6.10 Å². The van der Waals surface area contributed by atoms with Gasteiger partial charge in [-0.25, -0.2) is 0 Å². The summed E-state index contributed by atoms with van der Waals surface area (Å²) in [5, 5.41) is 3.91. The molecule has 6 nitrogen and oxygen atoms in total. The summed E-state index contributed by atoms with van der Waals surface area (Å²) in [7, 11) is 0. The molecule has 1 unspecified atom stereocenters. The molecule has 0 fully saturated rings. The van der Waals surface area contributed by atoms with Gasteiger partial charge >= 0.3 is 0 Å². The average molecular weight is 364 g/mol. The standard InChI is InChI=1S/C21H20N2O4/c24-21(19-14-26-16-8-1-2-9-17(16)27-19)23-12-5-13-25-18-10-3-6-15-7-4-11-22-20(15)18/h1-4,6-11,19H,5,12-14H2,(H,23,24). The molecule has 1 aliphatic heterocycles. The van der Waals surface area contributed by atoms with E-state index in [4.69, 9.17) is 14.2 Å². The Labute approximate surface area is 157 Å². The molecule has 2 aromatic carbocycles. The van der Waals surface area contributed by atoms with Crippen molar-refractivity contribution in [3.05, 3.63) is 60.8 Å². The van der Waals surface area contributed by atoms with E-state index in [1.165, 1.54) is 0 Å². The summed E-state index contributed by atoms with van der Waals surface area (Å²) in [6.45, 7) is 1.19. The van der Waals surface area contributed by atoms with Crippen molar-refractivity contribution in [3.8, 4) is 17.2 Å². The van der Waals surface area contributed by atoms with Crippen LogP contribution < -0.4 is 19.5 Å². The lowest BCUT2D eigenvalue weighted by Crippen LogP contribution is -2.44. The highest BCUT2D eigenvalue weighted by Crippen LogP contribution is 2.30. The van der Waals surface area contributed by atoms with Crippen molar-refractivity contribution >= 4 is 16.8 Å². The lowest BCUT2D eigenvalue weighted by atomic mass is 10.2. The Hall–Kier alpha value is -3.28. The quantitative estimate of drug-likeness (QED) is 0.681. The zero-order valence-corrected chi connectivity index (χ0v) is 14.8. The Kier molecular flexibility index (Phi) is 5.05. The van der Waals surface area contributed by atoms with Crippen LogP contribution in [0.2, 0.25) is 0 Å². The number of para-hydroxylation sites is 3. The van der Waals surface area contributed by atoms with Crippen LogP contribution in [-0.2, 0) is 4.79 Å². The van der Waals surface area contributed by atoms with Crippen LogP contribution in [0.1, 0.15) is 6.42 Å². The van der Waals surface area contributed by atoms with E-state index in [0.29, 0.717) is 31.1 Å². The van der Waals surface area contributed by atoms with Crippen LogP contribution in [0.4, 0.5) is 0 Å². The second-order valence-corrected chi connectivity index (χ2v) is 6.19. The van der Waals surface area contributed by atoms with Gasteiger partial charge in [-0.15, -0.1) is 0 Å². The maximum absolute atomic E-state index is 12.2. The highest BCUT2D eigenvalue weighted by atomic mass is 16.6. The van der Waals surface area contributed by atoms with Crippen molar-refractivity contribution in [1.82, 2.24) is 10.3 Å². The normalized spacial score (nSPS) is 15.3. The fraction of sp³-hybridized carbons (Fsp3) is 0.238. The Balaban J connectivity index is 1.23. The highest BCUT2D eigenvalue weighted by Gasteiger charge is 2.26. The number of hydrogen-bond donors (Lipinski definition) is 1. The van der Waals surface area contributed by atoms with Gasteiger partial charge in [0.15, 0.2) is 11.5 Å². The van der Waals surface area contributed by atoms with E-state index in [2.05, 4.69) is 10.3 Å². The minimum absolute atomic E-state index is 0.184. The summed E-state index contributed by atoms with van der Waals surface area (Å²) >= 11 is 0. The number of benzene rings is 2. The molecule has 6 heteroatoms. The molecule has 1 aliphatic rings. The summed E-state index contributed by atoms with van der Waals surface area (Å²) in [6.07, 6.45) is 1.79. The van der Waals surface area contributed by atoms with Crippen LogP contribution in [0.3, 0.4) is 0 Å². The minimum Gasteiger partial charge on any atom is -0.491 e. The molecular weight excluding hydrogens is 344 g/mol. The molecular formula is C21H20N2O4. The van der Waals surface area contributed by atoms with E-state index in [1.807, 2.05) is 48.5 Å². The molecule has 1 aromatic heterocycles. The van der Waals surface area contributed by atoms with Gasteiger partial charge in [-0.1, -0.05) is 30.3 Å². The predicted molar refractivity (Wildman–Crippen MR) is 101 cm³/mol. The minimum atomic E-state index is -0.636. The lowest BCUT2D eigenvalue weighted by Gasteiger charge is -2.25. The lowest BCUT2D eigenvalue weighted by molar-refractivity contribution is -0.130. The molecule has 1 N–H and O–H groups in total. The van der Waals surface area contributed by atoms with Crippen molar-refractivity contribution < 1.29 is 19.0 Å². The first-order valence-corrected chi connectivity index (χ1v) is 8.94. The first-order valence-electron chi connectivity index (χ1n) is 8.94. The number of pyridine rings is 1. The van der Waals surface area contributed by atoms with Crippen LogP contribution in [-0.4, -0.2) is 36.8 Å². The number of carbonyl (C=O) groups is 1. The molecule has 0 spiro atoms. The van der Waals surface area contributed by atoms with E-state index in [-0.39, 0.29) is 12.5 Å². The number of fused-ring (bicyclic) bond motifs is 2. The van der Waals surface area contributed by atoms with Gasteiger partial charge in [-0.05, 0) is 30.7 Å². The number of aromatic nitrogens is 1. The van der Waals surface area contributed by atoms with Crippen LogP contribution in [0.15, 0.2) is 60.8 Å². The van der Waals surface area contributed by atoms with Crippen molar-refractivity contribution in [2.24, 2.45) is 0 Å². The molecule has 0 saturated heterocycles. The van der Waals surface area contributed by atoms with Crippen LogP contribution >= 0.6 is 0 Å². The molecule has 3 aromatic rings. The third-order valence-corrected chi connectivity index (χ3v) is 4.27. The number of rotatable bonds is 6. The SMILES string of the molecule is O=C(NCCCOc1cccc2cccnc12)C1COc2ccccc2O1. The zero-order valence-electron chi connectivity index (χ0n) is 14.8. The van der Waals surface area contributed by atoms with Gasteiger partial charge in [0.25, 0.3) is 5.91 Å². The Bertz CT molecular complexity index is 939. The molecule has 0 radical (unpaired) electrons. The largest absolute Gasteiger partial charge is 0.491 e. The fourth-order valence-electron chi connectivity index (χ4n) is 2.92. The van der Waals surface area contributed by atoms with Gasteiger partial charge in [-0.2, -0.15) is 0 Å². The molecule has 0 bridgehead atoms. The Morgan fingerprint density at radius 1 is 1.11 bits per heavy atom. The maximum Gasteiger partial charge on any atom is 0.264 e. The molecule has 4 rings (SSSR count). The number of amides is 1. The van der Waals surface area contributed by atoms with Gasteiger partial charge in [0.2, 0.25) is 6.10 Å². The number of hydrogen-bond acceptors (Lipinski definition) is 5. The first-order chi connectivity index (χ1) is 13.3. The van der Waals surface area contributed by atoms with Crippen molar-refractivity contribution in [1.29, 1.82) is 0 Å². The Morgan fingerprint density at radius 2 is 1.96 bits per heavy atom. The molecule has 27 heavy (non-hydrogen) atoms. The predicted octanol–water partition coefficient (Wildman–Crippen LogP) is 2.96. The Morgan fingerprint density at radius 3 is 2.89 bits per heavy atom. The van der Waals surface area contributed by atoms with E-state index in [0.717, 1.165) is 16.7 Å². The molecule has 1 atom stereocenters. The van der Waals surface area contributed by atoms with Crippen molar-refractivity contribution in [3.63, 3.8) is 0 Å². The fourth-order valence-corrected chi connectivity index (χ4v) is 2.92. The molecule has 138 valence electrons. The number of nitrogens with zero attached hydrogens (tertiary/aromatic N) is 1. The van der Waals surface area contributed by atoms with Gasteiger partial charge in [0.05, 0.1) is 6.61 Å². The highest BCUT2D eigenvalue weighted by molar-refractivity contribution is 5.84. The summed E-state index contributed by atoms with van der Waals surface area (Å²) in [5.74, 6) is 1.82. The molecule has 1 amide bonds. The van der Waals surface area contributed by atoms with Crippen LogP contribution in [0, 0.1) is 0 Å². The second kappa shape index (κ2) is 7.95. The van der Waals surface area contributed by atoms with Crippen LogP contribution in [0.5, 0.6) is 17.2 Å². The number of nitrogens with one attached hydrogen (secondary N) is 1. The topological polar surface area (TPSA) is 69.7 Å². The summed E-state index contributed by atoms with van der Waals surface area (Å²) in [4.78, 5) is 16.6. The van der Waals surface area contributed by atoms with Gasteiger partial charge < -0.3 is 19.5 Å². The summed E-state index contributed by atoms with van der Waals surface area (Å²) < 4.78 is 17.1. The number of ether oxygens (including phenoxy) is 3. The summed E-state index contributed by atoms with van der Waals surface area (Å²) in [5.41, 5.74) is 0.843. The maximum atomic E-state index is 12.2. The second-order valence-electron chi connectivity index (χ2n) is 6.19. The van der Waals surface area contributed by atoms with Gasteiger partial charge in [0, 0.05) is 18.1 Å². The average Bonchev–Trinajstić information content (AvgIpc) is 2.73. The zero-order chi connectivity index (χ0) is 18.5. The van der Waals surface area contributed by atoms with Crippen molar-refractivity contribution in [2.75, 3.05) is 19.8 Å². The summed E-state index contributed by atoms with van der Waals surface area (Å²) in [6, 6.07) is 17.1. The number of carbonyl (C=O) groups excluding carboxylic acids is 1. The van der Waals surface area contributed by atoms with Crippen molar-refractivity contribution in [2.45, 2.75) is 12.5 Å². The molecule has 0 saturated carbocycles.